The van der Waals surface area contributed by atoms with E-state index in [9.17, 15) is 8.42 Å². The first-order valence-electron chi connectivity index (χ1n) is 9.75. The molecule has 2 aromatic carbocycles. The topological polar surface area (TPSA) is 87.2 Å². The number of ether oxygens (including phenoxy) is 1. The Labute approximate surface area is 165 Å². The van der Waals surface area contributed by atoms with Crippen molar-refractivity contribution < 1.29 is 13.2 Å². The standard InChI is InChI=1S/C21H25N3O3S/c22-28(25,26)24-20-14-18(27-15-16-8-4-3-5-9-16)12-13-19(20)21(23-24)17-10-6-1-2-7-11-17/h3-5,8-9,12-14,17H,1-2,6-7,10-11,15H2,(H2,22,25,26). The van der Waals surface area contributed by atoms with Crippen LogP contribution < -0.4 is 9.88 Å². The molecular formula is C21H25N3O3S. The average molecular weight is 400 g/mol. The first-order valence-corrected chi connectivity index (χ1v) is 11.3. The van der Waals surface area contributed by atoms with Crippen LogP contribution >= 0.6 is 0 Å². The van der Waals surface area contributed by atoms with Crippen LogP contribution in [0.3, 0.4) is 0 Å². The van der Waals surface area contributed by atoms with Crippen LogP contribution in [0, 0.1) is 0 Å². The number of rotatable bonds is 5. The number of aromatic nitrogens is 2. The van der Waals surface area contributed by atoms with Crippen LogP contribution in [0.4, 0.5) is 0 Å². The minimum atomic E-state index is -3.99. The maximum atomic E-state index is 12.1. The SMILES string of the molecule is NS(=O)(=O)n1nc(C2CCCCCC2)c2ccc(OCc3ccccc3)cc21. The van der Waals surface area contributed by atoms with Gasteiger partial charge in [-0.2, -0.15) is 13.5 Å². The van der Waals surface area contributed by atoms with Crippen LogP contribution in [0.5, 0.6) is 5.75 Å². The van der Waals surface area contributed by atoms with Crippen LogP contribution in [0.15, 0.2) is 48.5 Å². The first-order chi connectivity index (χ1) is 13.5. The molecule has 3 aromatic rings. The van der Waals surface area contributed by atoms with Crippen molar-refractivity contribution in [1.82, 2.24) is 9.19 Å². The largest absolute Gasteiger partial charge is 0.489 e. The molecule has 1 heterocycles. The van der Waals surface area contributed by atoms with Gasteiger partial charge in [-0.3, -0.25) is 0 Å². The van der Waals surface area contributed by atoms with E-state index in [1.807, 2.05) is 42.5 Å². The highest BCUT2D eigenvalue weighted by Crippen LogP contribution is 2.36. The van der Waals surface area contributed by atoms with E-state index < -0.39 is 10.2 Å². The maximum absolute atomic E-state index is 12.1. The molecular weight excluding hydrogens is 374 g/mol. The van der Waals surface area contributed by atoms with E-state index in [-0.39, 0.29) is 5.92 Å². The Morgan fingerprint density at radius 1 is 1.04 bits per heavy atom. The summed E-state index contributed by atoms with van der Waals surface area (Å²) in [4.78, 5) is 0. The molecule has 4 rings (SSSR count). The first kappa shape index (κ1) is 19.0. The highest BCUT2D eigenvalue weighted by Gasteiger charge is 2.24. The van der Waals surface area contributed by atoms with Gasteiger partial charge in [0, 0.05) is 17.4 Å². The molecule has 0 atom stereocenters. The normalized spacial score (nSPS) is 16.2. The molecule has 1 aliphatic carbocycles. The Morgan fingerprint density at radius 3 is 2.43 bits per heavy atom. The van der Waals surface area contributed by atoms with Gasteiger partial charge in [0.1, 0.15) is 12.4 Å². The summed E-state index contributed by atoms with van der Waals surface area (Å²) in [5.74, 6) is 0.859. The third-order valence-electron chi connectivity index (χ3n) is 5.38. The molecule has 7 heteroatoms. The predicted octanol–water partition coefficient (Wildman–Crippen LogP) is 4.10. The van der Waals surface area contributed by atoms with E-state index >= 15 is 0 Å². The Hall–Kier alpha value is -2.38. The molecule has 1 saturated carbocycles. The lowest BCUT2D eigenvalue weighted by atomic mass is 9.94. The maximum Gasteiger partial charge on any atom is 0.318 e. The summed E-state index contributed by atoms with van der Waals surface area (Å²) in [6, 6.07) is 15.3. The lowest BCUT2D eigenvalue weighted by molar-refractivity contribution is 0.306. The Kier molecular flexibility index (Phi) is 5.37. The molecule has 28 heavy (non-hydrogen) atoms. The van der Waals surface area contributed by atoms with Crippen LogP contribution in [0.25, 0.3) is 10.9 Å². The number of nitrogens with two attached hydrogens (primary N) is 1. The van der Waals surface area contributed by atoms with Gasteiger partial charge in [0.05, 0.1) is 11.2 Å². The fourth-order valence-electron chi connectivity index (χ4n) is 3.97. The third kappa shape index (κ3) is 4.05. The van der Waals surface area contributed by atoms with E-state index in [2.05, 4.69) is 5.10 Å². The van der Waals surface area contributed by atoms with E-state index in [1.165, 1.54) is 12.8 Å². The Morgan fingerprint density at radius 2 is 1.75 bits per heavy atom. The molecule has 0 spiro atoms. The quantitative estimate of drug-likeness (QED) is 0.654. The van der Waals surface area contributed by atoms with Crippen molar-refractivity contribution in [3.05, 3.63) is 59.8 Å². The van der Waals surface area contributed by atoms with E-state index in [0.717, 1.165) is 46.4 Å². The molecule has 0 saturated heterocycles. The number of nitrogens with zero attached hydrogens (tertiary/aromatic N) is 2. The van der Waals surface area contributed by atoms with Crippen molar-refractivity contribution in [3.8, 4) is 5.75 Å². The van der Waals surface area contributed by atoms with Crippen molar-refractivity contribution in [2.24, 2.45) is 5.14 Å². The van der Waals surface area contributed by atoms with E-state index in [4.69, 9.17) is 9.88 Å². The van der Waals surface area contributed by atoms with Gasteiger partial charge < -0.3 is 4.74 Å². The molecule has 148 valence electrons. The molecule has 2 N–H and O–H groups in total. The van der Waals surface area contributed by atoms with Gasteiger partial charge in [-0.15, -0.1) is 4.09 Å². The van der Waals surface area contributed by atoms with E-state index in [1.54, 1.807) is 6.07 Å². The molecule has 1 fully saturated rings. The summed E-state index contributed by atoms with van der Waals surface area (Å²) in [6.07, 6.45) is 6.80. The molecule has 6 nitrogen and oxygen atoms in total. The minimum absolute atomic E-state index is 0.268. The zero-order chi connectivity index (χ0) is 19.6. The lowest BCUT2D eigenvalue weighted by Crippen LogP contribution is -2.23. The van der Waals surface area contributed by atoms with Crippen LogP contribution in [0.2, 0.25) is 0 Å². The van der Waals surface area contributed by atoms with Gasteiger partial charge in [-0.1, -0.05) is 56.0 Å². The monoisotopic (exact) mass is 399 g/mol. The molecule has 1 aliphatic rings. The van der Waals surface area contributed by atoms with Gasteiger partial charge in [0.2, 0.25) is 0 Å². The predicted molar refractivity (Wildman–Crippen MR) is 109 cm³/mol. The summed E-state index contributed by atoms with van der Waals surface area (Å²) in [5.41, 5.74) is 2.36. The second-order valence-electron chi connectivity index (χ2n) is 7.41. The van der Waals surface area contributed by atoms with Crippen LogP contribution in [-0.2, 0) is 16.8 Å². The van der Waals surface area contributed by atoms with Gasteiger partial charge in [0.15, 0.2) is 0 Å². The summed E-state index contributed by atoms with van der Waals surface area (Å²) < 4.78 is 31.1. The van der Waals surface area contributed by atoms with Crippen molar-refractivity contribution in [2.75, 3.05) is 0 Å². The molecule has 1 aromatic heterocycles. The van der Waals surface area contributed by atoms with Crippen molar-refractivity contribution >= 4 is 21.1 Å². The van der Waals surface area contributed by atoms with Gasteiger partial charge >= 0.3 is 10.2 Å². The fraction of sp³-hybridized carbons (Fsp3) is 0.381. The van der Waals surface area contributed by atoms with E-state index in [0.29, 0.717) is 17.9 Å². The smallest absolute Gasteiger partial charge is 0.318 e. The Balaban J connectivity index is 1.70. The van der Waals surface area contributed by atoms with Crippen LogP contribution in [0.1, 0.15) is 55.7 Å². The summed E-state index contributed by atoms with van der Waals surface area (Å²) in [5, 5.41) is 10.7. The molecule has 0 amide bonds. The lowest BCUT2D eigenvalue weighted by Gasteiger charge is -2.11. The fourth-order valence-corrected chi connectivity index (χ4v) is 4.60. The second-order valence-corrected chi connectivity index (χ2v) is 8.79. The van der Waals surface area contributed by atoms with Crippen molar-refractivity contribution in [2.45, 2.75) is 51.0 Å². The highest BCUT2D eigenvalue weighted by atomic mass is 32.2. The average Bonchev–Trinajstić information content (AvgIpc) is 2.87. The Bertz CT molecular complexity index is 1050. The number of benzene rings is 2. The van der Waals surface area contributed by atoms with Crippen molar-refractivity contribution in [3.63, 3.8) is 0 Å². The van der Waals surface area contributed by atoms with Gasteiger partial charge in [0.25, 0.3) is 0 Å². The minimum Gasteiger partial charge on any atom is -0.489 e. The van der Waals surface area contributed by atoms with Gasteiger partial charge in [-0.05, 0) is 30.5 Å². The number of hydrogen-bond donors (Lipinski definition) is 1. The zero-order valence-corrected chi connectivity index (χ0v) is 16.6. The summed E-state index contributed by atoms with van der Waals surface area (Å²) >= 11 is 0. The zero-order valence-electron chi connectivity index (χ0n) is 15.8. The molecule has 0 bridgehead atoms. The highest BCUT2D eigenvalue weighted by molar-refractivity contribution is 7.87. The number of fused-ring (bicyclic) bond motifs is 1. The summed E-state index contributed by atoms with van der Waals surface area (Å²) in [7, 11) is -3.99. The van der Waals surface area contributed by atoms with Crippen molar-refractivity contribution in [1.29, 1.82) is 0 Å². The molecule has 0 aliphatic heterocycles. The van der Waals surface area contributed by atoms with Crippen LogP contribution in [-0.4, -0.2) is 17.6 Å². The molecule has 0 unspecified atom stereocenters. The summed E-state index contributed by atoms with van der Waals surface area (Å²) in [6.45, 7) is 0.408. The van der Waals surface area contributed by atoms with Gasteiger partial charge in [-0.25, -0.2) is 5.14 Å². The second kappa shape index (κ2) is 7.93. The third-order valence-corrected chi connectivity index (χ3v) is 6.14. The number of hydrogen-bond acceptors (Lipinski definition) is 4. The molecule has 0 radical (unpaired) electrons.